The Kier molecular flexibility index (Phi) is 4.39. The molecule has 0 aliphatic carbocycles. The number of anilines is 1. The average molecular weight is 278 g/mol. The maximum absolute atomic E-state index is 12.3. The van der Waals surface area contributed by atoms with Crippen LogP contribution in [0.2, 0.25) is 0 Å². The standard InChI is InChI=1S/C18H18N2O/c1-12-10-13(2)17(14(3)11-12)20-18(21)16-6-4-15(5-7-16)8-9-19/h4-7,10-11H,8H2,1-3H3,(H,20,21). The first-order chi connectivity index (χ1) is 10.0. The number of rotatable bonds is 3. The number of nitrogens with zero attached hydrogens (tertiary/aromatic N) is 1. The molecule has 0 bridgehead atoms. The summed E-state index contributed by atoms with van der Waals surface area (Å²) in [4.78, 5) is 12.3. The van der Waals surface area contributed by atoms with Crippen LogP contribution in [0.4, 0.5) is 5.69 Å². The molecule has 3 heteroatoms. The molecular weight excluding hydrogens is 260 g/mol. The van der Waals surface area contributed by atoms with Crippen LogP contribution in [0.25, 0.3) is 0 Å². The monoisotopic (exact) mass is 278 g/mol. The van der Waals surface area contributed by atoms with Crippen molar-refractivity contribution < 1.29 is 4.79 Å². The Balaban J connectivity index is 2.20. The summed E-state index contributed by atoms with van der Waals surface area (Å²) in [6.45, 7) is 6.02. The number of benzene rings is 2. The van der Waals surface area contributed by atoms with E-state index in [1.165, 1.54) is 5.56 Å². The summed E-state index contributed by atoms with van der Waals surface area (Å²) in [5.74, 6) is -0.131. The minimum absolute atomic E-state index is 0.131. The van der Waals surface area contributed by atoms with Crippen LogP contribution in [0.15, 0.2) is 36.4 Å². The van der Waals surface area contributed by atoms with Gasteiger partial charge in [-0.3, -0.25) is 4.79 Å². The fourth-order valence-corrected chi connectivity index (χ4v) is 2.43. The van der Waals surface area contributed by atoms with Crippen molar-refractivity contribution in [2.45, 2.75) is 27.2 Å². The molecule has 106 valence electrons. The molecule has 1 N–H and O–H groups in total. The third-order valence-corrected chi connectivity index (χ3v) is 3.41. The van der Waals surface area contributed by atoms with Gasteiger partial charge in [0.2, 0.25) is 0 Å². The normalized spacial score (nSPS) is 10.0. The second-order valence-electron chi connectivity index (χ2n) is 5.26. The first kappa shape index (κ1) is 14.8. The quantitative estimate of drug-likeness (QED) is 0.924. The number of nitriles is 1. The third-order valence-electron chi connectivity index (χ3n) is 3.41. The Morgan fingerprint density at radius 2 is 1.67 bits per heavy atom. The molecule has 0 atom stereocenters. The zero-order valence-electron chi connectivity index (χ0n) is 12.5. The Morgan fingerprint density at radius 3 is 2.19 bits per heavy atom. The molecule has 1 amide bonds. The number of aryl methyl sites for hydroxylation is 3. The predicted octanol–water partition coefficient (Wildman–Crippen LogP) is 3.93. The van der Waals surface area contributed by atoms with E-state index in [-0.39, 0.29) is 5.91 Å². The van der Waals surface area contributed by atoms with E-state index in [9.17, 15) is 4.79 Å². The van der Waals surface area contributed by atoms with E-state index in [0.717, 1.165) is 22.4 Å². The molecule has 2 rings (SSSR count). The van der Waals surface area contributed by atoms with E-state index in [2.05, 4.69) is 23.5 Å². The molecule has 0 spiro atoms. The largest absolute Gasteiger partial charge is 0.322 e. The first-order valence-corrected chi connectivity index (χ1v) is 6.86. The second-order valence-corrected chi connectivity index (χ2v) is 5.26. The topological polar surface area (TPSA) is 52.9 Å². The van der Waals surface area contributed by atoms with Gasteiger partial charge in [0.15, 0.2) is 0 Å². The highest BCUT2D eigenvalue weighted by Gasteiger charge is 2.10. The van der Waals surface area contributed by atoms with Crippen molar-refractivity contribution in [3.05, 3.63) is 64.2 Å². The van der Waals surface area contributed by atoms with Crippen LogP contribution in [0.3, 0.4) is 0 Å². The van der Waals surface area contributed by atoms with Crippen LogP contribution in [0.5, 0.6) is 0 Å². The van der Waals surface area contributed by atoms with Crippen LogP contribution in [-0.2, 0) is 6.42 Å². The molecule has 3 nitrogen and oxygen atoms in total. The van der Waals surface area contributed by atoms with Crippen molar-refractivity contribution in [1.29, 1.82) is 5.26 Å². The summed E-state index contributed by atoms with van der Waals surface area (Å²) >= 11 is 0. The van der Waals surface area contributed by atoms with Crippen molar-refractivity contribution in [2.75, 3.05) is 5.32 Å². The molecule has 0 saturated carbocycles. The van der Waals surface area contributed by atoms with Gasteiger partial charge in [-0.1, -0.05) is 29.8 Å². The number of nitrogens with one attached hydrogen (secondary N) is 1. The van der Waals surface area contributed by atoms with Gasteiger partial charge in [0.1, 0.15) is 0 Å². The Hall–Kier alpha value is -2.60. The number of hydrogen-bond donors (Lipinski definition) is 1. The summed E-state index contributed by atoms with van der Waals surface area (Å²) < 4.78 is 0. The van der Waals surface area contributed by atoms with E-state index in [0.29, 0.717) is 12.0 Å². The molecule has 0 heterocycles. The lowest BCUT2D eigenvalue weighted by molar-refractivity contribution is 0.102. The SMILES string of the molecule is Cc1cc(C)c(NC(=O)c2ccc(CC#N)cc2)c(C)c1. The molecule has 0 aliphatic heterocycles. The highest BCUT2D eigenvalue weighted by atomic mass is 16.1. The van der Waals surface area contributed by atoms with Gasteiger partial charge >= 0.3 is 0 Å². The molecule has 0 unspecified atom stereocenters. The molecule has 0 fully saturated rings. The highest BCUT2D eigenvalue weighted by molar-refractivity contribution is 6.05. The minimum atomic E-state index is -0.131. The van der Waals surface area contributed by atoms with Crippen LogP contribution in [0.1, 0.15) is 32.6 Å². The van der Waals surface area contributed by atoms with Crippen LogP contribution < -0.4 is 5.32 Å². The van der Waals surface area contributed by atoms with Gasteiger partial charge in [-0.2, -0.15) is 5.26 Å². The highest BCUT2D eigenvalue weighted by Crippen LogP contribution is 2.22. The predicted molar refractivity (Wildman–Crippen MR) is 84.4 cm³/mol. The Labute approximate surface area is 125 Å². The lowest BCUT2D eigenvalue weighted by Gasteiger charge is -2.13. The third kappa shape index (κ3) is 3.49. The van der Waals surface area contributed by atoms with Crippen molar-refractivity contribution in [1.82, 2.24) is 0 Å². The summed E-state index contributed by atoms with van der Waals surface area (Å²) in [5.41, 5.74) is 5.67. The average Bonchev–Trinajstić information content (AvgIpc) is 2.43. The fourth-order valence-electron chi connectivity index (χ4n) is 2.43. The van der Waals surface area contributed by atoms with Gasteiger partial charge in [-0.15, -0.1) is 0 Å². The van der Waals surface area contributed by atoms with Gasteiger partial charge in [0.25, 0.3) is 5.91 Å². The molecule has 0 saturated heterocycles. The van der Waals surface area contributed by atoms with E-state index < -0.39 is 0 Å². The number of carbonyl (C=O) groups excluding carboxylic acids is 1. The summed E-state index contributed by atoms with van der Waals surface area (Å²) in [7, 11) is 0. The van der Waals surface area contributed by atoms with Crippen molar-refractivity contribution in [2.24, 2.45) is 0 Å². The van der Waals surface area contributed by atoms with Crippen molar-refractivity contribution in [3.8, 4) is 6.07 Å². The maximum atomic E-state index is 12.3. The lowest BCUT2D eigenvalue weighted by atomic mass is 10.0. The van der Waals surface area contributed by atoms with Gasteiger partial charge in [0, 0.05) is 11.3 Å². The molecule has 0 aliphatic rings. The lowest BCUT2D eigenvalue weighted by Crippen LogP contribution is -2.14. The first-order valence-electron chi connectivity index (χ1n) is 6.86. The molecular formula is C18H18N2O. The van der Waals surface area contributed by atoms with Gasteiger partial charge in [0.05, 0.1) is 12.5 Å². The number of amides is 1. The van der Waals surface area contributed by atoms with E-state index in [4.69, 9.17) is 5.26 Å². The fraction of sp³-hybridized carbons (Fsp3) is 0.222. The Bertz CT molecular complexity index is 686. The zero-order valence-corrected chi connectivity index (χ0v) is 12.5. The summed E-state index contributed by atoms with van der Waals surface area (Å²) in [5, 5.41) is 11.6. The van der Waals surface area contributed by atoms with Crippen LogP contribution >= 0.6 is 0 Å². The van der Waals surface area contributed by atoms with Gasteiger partial charge in [-0.25, -0.2) is 0 Å². The van der Waals surface area contributed by atoms with Crippen molar-refractivity contribution in [3.63, 3.8) is 0 Å². The second kappa shape index (κ2) is 6.23. The van der Waals surface area contributed by atoms with Gasteiger partial charge in [-0.05, 0) is 49.6 Å². The molecule has 0 radical (unpaired) electrons. The number of hydrogen-bond acceptors (Lipinski definition) is 2. The zero-order chi connectivity index (χ0) is 15.4. The van der Waals surface area contributed by atoms with Gasteiger partial charge < -0.3 is 5.32 Å². The number of carbonyl (C=O) groups is 1. The minimum Gasteiger partial charge on any atom is -0.322 e. The molecule has 2 aromatic rings. The molecule has 0 aromatic heterocycles. The van der Waals surface area contributed by atoms with Crippen LogP contribution in [-0.4, -0.2) is 5.91 Å². The summed E-state index contributed by atoms with van der Waals surface area (Å²) in [6.07, 6.45) is 0.359. The summed E-state index contributed by atoms with van der Waals surface area (Å²) in [6, 6.07) is 13.3. The molecule has 2 aromatic carbocycles. The van der Waals surface area contributed by atoms with Crippen LogP contribution in [0, 0.1) is 32.1 Å². The van der Waals surface area contributed by atoms with Crippen molar-refractivity contribution >= 4 is 11.6 Å². The van der Waals surface area contributed by atoms with E-state index >= 15 is 0 Å². The smallest absolute Gasteiger partial charge is 0.255 e. The van der Waals surface area contributed by atoms with E-state index in [1.54, 1.807) is 12.1 Å². The maximum Gasteiger partial charge on any atom is 0.255 e. The molecule has 21 heavy (non-hydrogen) atoms. The Morgan fingerprint density at radius 1 is 1.10 bits per heavy atom. The van der Waals surface area contributed by atoms with E-state index in [1.807, 2.05) is 32.9 Å².